The number of hydrogen-bond donors (Lipinski definition) is 2. The van der Waals surface area contributed by atoms with Crippen molar-refractivity contribution in [1.82, 2.24) is 14.9 Å². The number of aromatic amines is 1. The number of halogens is 1. The molecule has 2 aromatic carbocycles. The molecule has 0 aliphatic carbocycles. The summed E-state index contributed by atoms with van der Waals surface area (Å²) in [7, 11) is 0. The predicted octanol–water partition coefficient (Wildman–Crippen LogP) is 3.04. The number of H-pyrrole nitrogens is 1. The van der Waals surface area contributed by atoms with Crippen molar-refractivity contribution in [2.45, 2.75) is 25.4 Å². The Bertz CT molecular complexity index is 1050. The molecule has 0 spiro atoms. The summed E-state index contributed by atoms with van der Waals surface area (Å²) >= 11 is 0. The fourth-order valence-corrected chi connectivity index (χ4v) is 3.48. The van der Waals surface area contributed by atoms with Gasteiger partial charge in [-0.2, -0.15) is 0 Å². The first kappa shape index (κ1) is 18.9. The van der Waals surface area contributed by atoms with Crippen LogP contribution in [0.3, 0.4) is 0 Å². The number of rotatable bonds is 6. The largest absolute Gasteiger partial charge is 0.352 e. The molecule has 0 bridgehead atoms. The minimum absolute atomic E-state index is 0.0572. The molecule has 0 saturated carbocycles. The van der Waals surface area contributed by atoms with E-state index in [1.807, 2.05) is 30.3 Å². The number of aromatic nitrogens is 2. The lowest BCUT2D eigenvalue weighted by Gasteiger charge is -2.17. The van der Waals surface area contributed by atoms with Crippen molar-refractivity contribution in [3.63, 3.8) is 0 Å². The van der Waals surface area contributed by atoms with Crippen LogP contribution in [0.1, 0.15) is 29.2 Å². The van der Waals surface area contributed by atoms with Crippen LogP contribution >= 0.6 is 0 Å². The van der Waals surface area contributed by atoms with Crippen molar-refractivity contribution in [3.8, 4) is 0 Å². The second kappa shape index (κ2) is 8.26. The summed E-state index contributed by atoms with van der Waals surface area (Å²) in [6.45, 7) is 1.48. The van der Waals surface area contributed by atoms with Crippen molar-refractivity contribution >= 4 is 11.9 Å². The Morgan fingerprint density at radius 2 is 1.83 bits per heavy atom. The number of carbonyl (C=O) groups is 1. The highest BCUT2D eigenvalue weighted by molar-refractivity contribution is 5.79. The van der Waals surface area contributed by atoms with Crippen LogP contribution in [0.4, 0.5) is 10.3 Å². The second-order valence-electron chi connectivity index (χ2n) is 7.16. The number of hydrogen-bond acceptors (Lipinski definition) is 4. The Balaban J connectivity index is 1.45. The van der Waals surface area contributed by atoms with Gasteiger partial charge in [0.25, 0.3) is 5.56 Å². The fraction of sp³-hybridized carbons (Fsp3) is 0.227. The molecular weight excluding hydrogens is 371 g/mol. The van der Waals surface area contributed by atoms with E-state index in [4.69, 9.17) is 0 Å². The lowest BCUT2D eigenvalue weighted by Crippen LogP contribution is -2.24. The number of likely N-dealkylation sites (tertiary alicyclic amines) is 1. The highest BCUT2D eigenvalue weighted by Crippen LogP contribution is 2.27. The van der Waals surface area contributed by atoms with Gasteiger partial charge in [-0.1, -0.05) is 42.5 Å². The van der Waals surface area contributed by atoms with Gasteiger partial charge < -0.3 is 10.2 Å². The Hall–Kier alpha value is -3.48. The molecule has 148 valence electrons. The number of nitrogens with one attached hydrogen (secondary N) is 2. The summed E-state index contributed by atoms with van der Waals surface area (Å²) < 4.78 is 13.0. The first-order chi connectivity index (χ1) is 14.1. The average molecular weight is 392 g/mol. The zero-order valence-corrected chi connectivity index (χ0v) is 15.8. The van der Waals surface area contributed by atoms with Crippen LogP contribution in [0.15, 0.2) is 65.5 Å². The van der Waals surface area contributed by atoms with E-state index in [1.165, 1.54) is 18.2 Å². The smallest absolute Gasteiger partial charge is 0.252 e. The third kappa shape index (κ3) is 4.68. The summed E-state index contributed by atoms with van der Waals surface area (Å²) in [6.07, 6.45) is 0.334. The second-order valence-corrected chi connectivity index (χ2v) is 7.16. The van der Waals surface area contributed by atoms with Gasteiger partial charge >= 0.3 is 0 Å². The lowest BCUT2D eigenvalue weighted by molar-refractivity contribution is -0.128. The van der Waals surface area contributed by atoms with Crippen molar-refractivity contribution in [3.05, 3.63) is 93.7 Å². The van der Waals surface area contributed by atoms with Crippen LogP contribution in [-0.4, -0.2) is 27.3 Å². The summed E-state index contributed by atoms with van der Waals surface area (Å²) in [5, 5.41) is 3.06. The number of carbonyl (C=O) groups excluding carboxylic acids is 1. The third-order valence-electron chi connectivity index (χ3n) is 4.98. The van der Waals surface area contributed by atoms with E-state index in [2.05, 4.69) is 15.3 Å². The Morgan fingerprint density at radius 3 is 2.59 bits per heavy atom. The molecule has 3 aromatic rings. The summed E-state index contributed by atoms with van der Waals surface area (Å²) in [6, 6.07) is 17.4. The van der Waals surface area contributed by atoms with E-state index >= 15 is 0 Å². The standard InChI is InChI=1S/C22H21FN4O2/c23-18-8-6-15(7-9-18)12-24-22-25-19(11-20(28)26-22)17-10-21(29)27(14-17)13-16-4-2-1-3-5-16/h1-9,11,17H,10,12-14H2,(H2,24,25,26,28)/t17-/m1/s1. The highest BCUT2D eigenvalue weighted by Gasteiger charge is 2.31. The van der Waals surface area contributed by atoms with E-state index in [-0.39, 0.29) is 23.2 Å². The number of amides is 1. The monoisotopic (exact) mass is 392 g/mol. The maximum atomic E-state index is 13.0. The van der Waals surface area contributed by atoms with Crippen molar-refractivity contribution < 1.29 is 9.18 Å². The van der Waals surface area contributed by atoms with Gasteiger partial charge in [-0.3, -0.25) is 14.6 Å². The van der Waals surface area contributed by atoms with Crippen molar-refractivity contribution in [2.24, 2.45) is 0 Å². The van der Waals surface area contributed by atoms with Gasteiger partial charge in [0.15, 0.2) is 0 Å². The van der Waals surface area contributed by atoms with E-state index in [0.29, 0.717) is 37.7 Å². The quantitative estimate of drug-likeness (QED) is 0.676. The summed E-state index contributed by atoms with van der Waals surface area (Å²) in [5.74, 6) is -0.0272. The van der Waals surface area contributed by atoms with E-state index in [9.17, 15) is 14.0 Å². The van der Waals surface area contributed by atoms with Crippen LogP contribution in [0.5, 0.6) is 0 Å². The molecule has 6 nitrogen and oxygen atoms in total. The Kier molecular flexibility index (Phi) is 5.37. The van der Waals surface area contributed by atoms with Gasteiger partial charge in [0.2, 0.25) is 11.9 Å². The number of nitrogens with zero attached hydrogens (tertiary/aromatic N) is 2. The molecule has 0 unspecified atom stereocenters. The maximum Gasteiger partial charge on any atom is 0.252 e. The fourth-order valence-electron chi connectivity index (χ4n) is 3.48. The van der Waals surface area contributed by atoms with Gasteiger partial charge in [-0.15, -0.1) is 0 Å². The van der Waals surface area contributed by atoms with Crippen LogP contribution in [0.25, 0.3) is 0 Å². The first-order valence-corrected chi connectivity index (χ1v) is 9.48. The molecule has 0 radical (unpaired) electrons. The molecule has 1 saturated heterocycles. The molecule has 2 N–H and O–H groups in total. The van der Waals surface area contributed by atoms with Crippen molar-refractivity contribution in [1.29, 1.82) is 0 Å². The topological polar surface area (TPSA) is 78.1 Å². The molecule has 2 heterocycles. The minimum Gasteiger partial charge on any atom is -0.352 e. The van der Waals surface area contributed by atoms with Crippen LogP contribution < -0.4 is 10.9 Å². The molecular formula is C22H21FN4O2. The molecule has 1 aliphatic rings. The van der Waals surface area contributed by atoms with Crippen LogP contribution in [0.2, 0.25) is 0 Å². The van der Waals surface area contributed by atoms with Crippen molar-refractivity contribution in [2.75, 3.05) is 11.9 Å². The van der Waals surface area contributed by atoms with Crippen LogP contribution in [-0.2, 0) is 17.9 Å². The molecule has 1 amide bonds. The molecule has 1 atom stereocenters. The molecule has 29 heavy (non-hydrogen) atoms. The van der Waals surface area contributed by atoms with Crippen LogP contribution in [0, 0.1) is 5.82 Å². The number of anilines is 1. The molecule has 1 fully saturated rings. The molecule has 4 rings (SSSR count). The first-order valence-electron chi connectivity index (χ1n) is 9.48. The summed E-state index contributed by atoms with van der Waals surface area (Å²) in [5.41, 5.74) is 2.26. The lowest BCUT2D eigenvalue weighted by atomic mass is 10.0. The van der Waals surface area contributed by atoms with E-state index in [0.717, 1.165) is 11.1 Å². The van der Waals surface area contributed by atoms with Gasteiger partial charge in [0, 0.05) is 38.0 Å². The third-order valence-corrected chi connectivity index (χ3v) is 4.98. The Labute approximate surface area is 167 Å². The Morgan fingerprint density at radius 1 is 1.07 bits per heavy atom. The normalized spacial score (nSPS) is 16.2. The predicted molar refractivity (Wildman–Crippen MR) is 108 cm³/mol. The molecule has 7 heteroatoms. The summed E-state index contributed by atoms with van der Waals surface area (Å²) in [4.78, 5) is 33.5. The van der Waals surface area contributed by atoms with Gasteiger partial charge in [0.1, 0.15) is 5.82 Å². The van der Waals surface area contributed by atoms with Gasteiger partial charge in [-0.25, -0.2) is 9.37 Å². The van der Waals surface area contributed by atoms with E-state index in [1.54, 1.807) is 17.0 Å². The van der Waals surface area contributed by atoms with Gasteiger partial charge in [0.05, 0.1) is 5.69 Å². The SMILES string of the molecule is O=C1C[C@@H](c2cc(=O)[nH]c(NCc3ccc(F)cc3)n2)CN1Cc1ccccc1. The average Bonchev–Trinajstić information content (AvgIpc) is 3.08. The van der Waals surface area contributed by atoms with Gasteiger partial charge in [-0.05, 0) is 23.3 Å². The zero-order chi connectivity index (χ0) is 20.2. The van der Waals surface area contributed by atoms with E-state index < -0.39 is 0 Å². The maximum absolute atomic E-state index is 13.0. The highest BCUT2D eigenvalue weighted by atomic mass is 19.1. The number of benzene rings is 2. The minimum atomic E-state index is -0.298. The molecule has 1 aliphatic heterocycles. The zero-order valence-electron chi connectivity index (χ0n) is 15.8. The molecule has 1 aromatic heterocycles.